The number of amides is 2. The Morgan fingerprint density at radius 3 is 2.60 bits per heavy atom. The number of rotatable bonds is 3. The Kier molecular flexibility index (Phi) is 8.87. The zero-order valence-electron chi connectivity index (χ0n) is 26.9. The van der Waals surface area contributed by atoms with Gasteiger partial charge in [-0.15, -0.1) is 0 Å². The van der Waals surface area contributed by atoms with Gasteiger partial charge in [0.1, 0.15) is 23.6 Å². The van der Waals surface area contributed by atoms with E-state index in [0.717, 1.165) is 6.07 Å². The molecule has 1 aromatic heterocycles. The van der Waals surface area contributed by atoms with Gasteiger partial charge >= 0.3 is 6.09 Å². The number of alkyl halides is 2. The number of nitrogens with zero attached hydrogens (tertiary/aromatic N) is 2. The number of ether oxygens (including phenoxy) is 2. The summed E-state index contributed by atoms with van der Waals surface area (Å²) in [6.45, 7) is 10.8. The van der Waals surface area contributed by atoms with Gasteiger partial charge < -0.3 is 19.7 Å². The largest absolute Gasteiger partial charge is 0.472 e. The third-order valence-corrected chi connectivity index (χ3v) is 9.66. The molecule has 2 aliphatic heterocycles. The fourth-order valence-corrected chi connectivity index (χ4v) is 6.82. The lowest BCUT2D eigenvalue weighted by atomic mass is 9.85. The molecule has 1 saturated carbocycles. The molecule has 11 heteroatoms. The standard InChI is InChI=1S/C34H44F3N3O5/c1-7-10-25(41)27-19(2)26-18-40(27)30(42)28(32(3,4)5)39-31(43)45-33(6)17-21(33)11-8-9-14-34(36,37)23-15-20-12-13-22(35)16-24(20)38-29(23)44-26/h12-13,15-16,19,21,26-28H,7-11,14,17-18H2,1-6H3,(H,39,43)/t19-,21-,26+,27+,28-,33-/m1/s1. The number of alkyl carbamates (subject to hydrolysis) is 1. The number of pyridine rings is 1. The molecular weight excluding hydrogens is 587 g/mol. The highest BCUT2D eigenvalue weighted by atomic mass is 19.3. The van der Waals surface area contributed by atoms with Crippen molar-refractivity contribution < 1.29 is 37.0 Å². The van der Waals surface area contributed by atoms with Gasteiger partial charge in [0.05, 0.1) is 23.7 Å². The summed E-state index contributed by atoms with van der Waals surface area (Å²) in [7, 11) is 0. The number of aromatic nitrogens is 1. The average Bonchev–Trinajstić information content (AvgIpc) is 3.46. The second-order valence-electron chi connectivity index (χ2n) is 14.3. The first-order chi connectivity index (χ1) is 21.0. The lowest BCUT2D eigenvalue weighted by Gasteiger charge is -2.35. The Bertz CT molecular complexity index is 1480. The van der Waals surface area contributed by atoms with E-state index in [-0.39, 0.29) is 42.5 Å². The number of ketones is 1. The SMILES string of the molecule is CCCC(=O)[C@@H]1[C@H](C)[C@@H]2CN1C(=O)[C@H](C(C)(C)C)NC(=O)O[C@]1(C)C[C@H]1CCCCC(F)(F)c1cc3ccc(F)cc3nc1O2. The van der Waals surface area contributed by atoms with E-state index in [2.05, 4.69) is 10.3 Å². The van der Waals surface area contributed by atoms with E-state index >= 15 is 8.78 Å². The summed E-state index contributed by atoms with van der Waals surface area (Å²) in [5, 5.41) is 3.13. The molecule has 45 heavy (non-hydrogen) atoms. The number of nitrogens with one attached hydrogen (secondary N) is 1. The molecule has 1 aliphatic carbocycles. The summed E-state index contributed by atoms with van der Waals surface area (Å²) < 4.78 is 58.1. The van der Waals surface area contributed by atoms with Crippen LogP contribution in [0.5, 0.6) is 5.88 Å². The Labute approximate surface area is 262 Å². The molecule has 1 saturated heterocycles. The van der Waals surface area contributed by atoms with Crippen molar-refractivity contribution in [1.82, 2.24) is 15.2 Å². The van der Waals surface area contributed by atoms with E-state index in [9.17, 15) is 18.8 Å². The van der Waals surface area contributed by atoms with Gasteiger partial charge in [0.15, 0.2) is 5.78 Å². The first kappa shape index (κ1) is 33.0. The van der Waals surface area contributed by atoms with Gasteiger partial charge in [-0.1, -0.05) is 41.0 Å². The molecule has 3 heterocycles. The number of halogens is 3. The maximum absolute atomic E-state index is 16.0. The van der Waals surface area contributed by atoms with Crippen LogP contribution in [-0.4, -0.2) is 58.0 Å². The quantitative estimate of drug-likeness (QED) is 0.395. The van der Waals surface area contributed by atoms with Gasteiger partial charge in [-0.3, -0.25) is 9.59 Å². The van der Waals surface area contributed by atoms with Crippen LogP contribution in [0.1, 0.15) is 92.1 Å². The normalized spacial score (nSPS) is 30.7. The zero-order valence-corrected chi connectivity index (χ0v) is 26.9. The van der Waals surface area contributed by atoms with Crippen LogP contribution in [0.2, 0.25) is 0 Å². The lowest BCUT2D eigenvalue weighted by molar-refractivity contribution is -0.142. The summed E-state index contributed by atoms with van der Waals surface area (Å²) >= 11 is 0. The van der Waals surface area contributed by atoms with Crippen molar-refractivity contribution in [3.8, 4) is 5.88 Å². The van der Waals surface area contributed by atoms with Crippen molar-refractivity contribution in [1.29, 1.82) is 0 Å². The number of fused-ring (bicyclic) bond motifs is 5. The van der Waals surface area contributed by atoms with Crippen molar-refractivity contribution in [2.75, 3.05) is 6.54 Å². The van der Waals surface area contributed by atoms with Crippen molar-refractivity contribution >= 4 is 28.7 Å². The molecule has 8 nitrogen and oxygen atoms in total. The average molecular weight is 632 g/mol. The van der Waals surface area contributed by atoms with E-state index in [1.54, 1.807) is 6.92 Å². The number of carbonyl (C=O) groups excluding carboxylic acids is 3. The second-order valence-corrected chi connectivity index (χ2v) is 14.3. The van der Waals surface area contributed by atoms with Crippen molar-refractivity contribution in [3.63, 3.8) is 0 Å². The molecule has 0 spiro atoms. The van der Waals surface area contributed by atoms with Gasteiger partial charge in [0, 0.05) is 36.1 Å². The second kappa shape index (κ2) is 12.1. The summed E-state index contributed by atoms with van der Waals surface area (Å²) in [5.41, 5.74) is -1.74. The van der Waals surface area contributed by atoms with Gasteiger partial charge in [-0.25, -0.2) is 22.9 Å². The molecule has 2 aromatic rings. The highest BCUT2D eigenvalue weighted by Gasteiger charge is 2.54. The van der Waals surface area contributed by atoms with Crippen LogP contribution >= 0.6 is 0 Å². The smallest absolute Gasteiger partial charge is 0.408 e. The number of hydrogen-bond donors (Lipinski definition) is 1. The molecule has 1 aromatic carbocycles. The third-order valence-electron chi connectivity index (χ3n) is 9.66. The van der Waals surface area contributed by atoms with E-state index < -0.39 is 70.8 Å². The summed E-state index contributed by atoms with van der Waals surface area (Å²) in [6, 6.07) is 3.13. The fourth-order valence-electron chi connectivity index (χ4n) is 6.82. The molecule has 2 amide bonds. The minimum Gasteiger partial charge on any atom is -0.472 e. The molecule has 0 unspecified atom stereocenters. The van der Waals surface area contributed by atoms with Crippen LogP contribution in [0.4, 0.5) is 18.0 Å². The molecule has 5 rings (SSSR count). The topological polar surface area (TPSA) is 97.8 Å². The van der Waals surface area contributed by atoms with Crippen molar-refractivity contribution in [3.05, 3.63) is 35.6 Å². The Morgan fingerprint density at radius 1 is 1.18 bits per heavy atom. The molecule has 0 radical (unpaired) electrons. The van der Waals surface area contributed by atoms with Gasteiger partial charge in [0.2, 0.25) is 11.8 Å². The maximum atomic E-state index is 16.0. The van der Waals surface area contributed by atoms with E-state index in [4.69, 9.17) is 9.47 Å². The van der Waals surface area contributed by atoms with Crippen molar-refractivity contribution in [2.45, 2.75) is 116 Å². The summed E-state index contributed by atoms with van der Waals surface area (Å²) in [6.07, 6.45) is 0.630. The van der Waals surface area contributed by atoms with Crippen LogP contribution in [0.3, 0.4) is 0 Å². The minimum absolute atomic E-state index is 0.0203. The number of hydrogen-bond acceptors (Lipinski definition) is 6. The summed E-state index contributed by atoms with van der Waals surface area (Å²) in [4.78, 5) is 46.7. The van der Waals surface area contributed by atoms with Crippen LogP contribution < -0.4 is 10.1 Å². The predicted octanol–water partition coefficient (Wildman–Crippen LogP) is 6.92. The van der Waals surface area contributed by atoms with E-state index in [1.165, 1.54) is 23.1 Å². The van der Waals surface area contributed by atoms with Gasteiger partial charge in [0.25, 0.3) is 5.92 Å². The molecular formula is C34H44F3N3O5. The number of Topliss-reactive ketones (excluding diaryl/α,β-unsaturated/α-hetero) is 1. The third kappa shape index (κ3) is 6.77. The molecule has 2 bridgehead atoms. The Morgan fingerprint density at radius 2 is 1.91 bits per heavy atom. The molecule has 3 aliphatic rings. The fraction of sp³-hybridized carbons (Fsp3) is 0.647. The minimum atomic E-state index is -3.31. The van der Waals surface area contributed by atoms with Crippen LogP contribution in [-0.2, 0) is 20.2 Å². The molecule has 246 valence electrons. The Balaban J connectivity index is 1.59. The van der Waals surface area contributed by atoms with Crippen molar-refractivity contribution in [2.24, 2.45) is 17.3 Å². The monoisotopic (exact) mass is 631 g/mol. The van der Waals surface area contributed by atoms with Crippen LogP contribution in [0.15, 0.2) is 24.3 Å². The van der Waals surface area contributed by atoms with E-state index in [1.807, 2.05) is 34.6 Å². The van der Waals surface area contributed by atoms with Gasteiger partial charge in [-0.05, 0) is 56.2 Å². The summed E-state index contributed by atoms with van der Waals surface area (Å²) in [5.74, 6) is -5.44. The number of carbonyl (C=O) groups is 3. The lowest BCUT2D eigenvalue weighted by Crippen LogP contribution is -2.57. The highest BCUT2D eigenvalue weighted by Crippen LogP contribution is 2.50. The predicted molar refractivity (Wildman–Crippen MR) is 162 cm³/mol. The van der Waals surface area contributed by atoms with Gasteiger partial charge in [-0.2, -0.15) is 0 Å². The van der Waals surface area contributed by atoms with E-state index in [0.29, 0.717) is 31.1 Å². The first-order valence-corrected chi connectivity index (χ1v) is 16.0. The number of benzene rings is 1. The maximum Gasteiger partial charge on any atom is 0.408 e. The highest BCUT2D eigenvalue weighted by molar-refractivity contribution is 5.93. The first-order valence-electron chi connectivity index (χ1n) is 16.0. The molecule has 2 fully saturated rings. The van der Waals surface area contributed by atoms with Crippen LogP contribution in [0.25, 0.3) is 10.9 Å². The molecule has 6 atom stereocenters. The Hall–Kier alpha value is -3.37. The zero-order chi connectivity index (χ0) is 32.9. The van der Waals surface area contributed by atoms with Crippen LogP contribution in [0, 0.1) is 23.1 Å². The molecule has 1 N–H and O–H groups in total.